The number of furan rings is 1. The summed E-state index contributed by atoms with van der Waals surface area (Å²) in [6.07, 6.45) is 0.735. The number of nitrogens with zero attached hydrogens (tertiary/aromatic N) is 2. The highest BCUT2D eigenvalue weighted by molar-refractivity contribution is 7.09. The number of hydrogen-bond donors (Lipinski definition) is 3. The van der Waals surface area contributed by atoms with Crippen LogP contribution in [0.2, 0.25) is 0 Å². The summed E-state index contributed by atoms with van der Waals surface area (Å²) in [7, 11) is 2.93. The van der Waals surface area contributed by atoms with Crippen LogP contribution in [0.3, 0.4) is 0 Å². The zero-order valence-electron chi connectivity index (χ0n) is 21.4. The van der Waals surface area contributed by atoms with E-state index in [1.54, 1.807) is 37.3 Å². The van der Waals surface area contributed by atoms with Gasteiger partial charge < -0.3 is 30.7 Å². The average molecular weight is 530 g/mol. The van der Waals surface area contributed by atoms with Gasteiger partial charge in [0.05, 0.1) is 25.6 Å². The largest absolute Gasteiger partial charge is 0.497 e. The number of methoxy groups -OCH3 is 2. The fraction of sp³-hybridized carbons (Fsp3) is 0.360. The Kier molecular flexibility index (Phi) is 8.77. The number of ether oxygens (including phenoxy) is 2. The summed E-state index contributed by atoms with van der Waals surface area (Å²) >= 11 is 0.713. The Morgan fingerprint density at radius 1 is 1.16 bits per heavy atom. The molecule has 0 aliphatic heterocycles. The van der Waals surface area contributed by atoms with Gasteiger partial charge in [0, 0.05) is 12.6 Å². The third-order valence-electron chi connectivity index (χ3n) is 5.58. The number of primary amides is 1. The molecule has 3 rings (SSSR count). The number of benzene rings is 1. The number of carbonyl (C=O) groups excluding carboxylic acids is 3. The summed E-state index contributed by atoms with van der Waals surface area (Å²) < 4.78 is 20.6. The highest BCUT2D eigenvalue weighted by Crippen LogP contribution is 2.40. The van der Waals surface area contributed by atoms with Crippen molar-refractivity contribution in [3.63, 3.8) is 0 Å². The molecule has 1 aromatic carbocycles. The van der Waals surface area contributed by atoms with Crippen molar-refractivity contribution < 1.29 is 28.3 Å². The molecule has 0 fully saturated rings. The van der Waals surface area contributed by atoms with Crippen LogP contribution < -0.4 is 31.2 Å². The minimum Gasteiger partial charge on any atom is -0.497 e. The number of nitrogens with two attached hydrogens (primary N) is 2. The standard InChI is InChI=1S/C25H31N5O6S/c1-13(2)10-11-28-24(32)21(17-9-6-14(3)36-17)30(16-8-7-15(34-4)12-18(16)35-5)25(33)22-19(26)20(23(27)31)29-37-22/h6-9,12-13,21H,10-11,26H2,1-5H3,(H2,27,31)(H,28,32)/t21-/m0/s1. The Balaban J connectivity index is 2.22. The van der Waals surface area contributed by atoms with Crippen molar-refractivity contribution in [1.29, 1.82) is 0 Å². The van der Waals surface area contributed by atoms with E-state index in [4.69, 9.17) is 25.4 Å². The molecule has 0 aliphatic carbocycles. The minimum atomic E-state index is -1.24. The lowest BCUT2D eigenvalue weighted by molar-refractivity contribution is -0.122. The van der Waals surface area contributed by atoms with Crippen LogP contribution in [-0.4, -0.2) is 42.9 Å². The number of rotatable bonds is 11. The lowest BCUT2D eigenvalue weighted by Crippen LogP contribution is -2.44. The van der Waals surface area contributed by atoms with E-state index in [0.717, 1.165) is 6.42 Å². The van der Waals surface area contributed by atoms with Gasteiger partial charge in [-0.05, 0) is 55.1 Å². The Labute approximate surface area is 218 Å². The van der Waals surface area contributed by atoms with Gasteiger partial charge in [0.15, 0.2) is 11.7 Å². The monoisotopic (exact) mass is 529 g/mol. The summed E-state index contributed by atoms with van der Waals surface area (Å²) in [6, 6.07) is 6.89. The predicted molar refractivity (Wildman–Crippen MR) is 140 cm³/mol. The Bertz CT molecular complexity index is 1280. The molecular weight excluding hydrogens is 498 g/mol. The van der Waals surface area contributed by atoms with E-state index in [1.165, 1.54) is 19.1 Å². The molecule has 5 N–H and O–H groups in total. The molecule has 198 valence electrons. The third kappa shape index (κ3) is 6.02. The van der Waals surface area contributed by atoms with Gasteiger partial charge in [-0.1, -0.05) is 13.8 Å². The number of hydrogen-bond acceptors (Lipinski definition) is 9. The molecule has 3 amide bonds. The van der Waals surface area contributed by atoms with Gasteiger partial charge in [-0.3, -0.25) is 19.3 Å². The first-order chi connectivity index (χ1) is 17.6. The van der Waals surface area contributed by atoms with E-state index in [1.807, 2.05) is 13.8 Å². The molecule has 2 aromatic heterocycles. The SMILES string of the molecule is COc1ccc(N(C(=O)c2snc(C(N)=O)c2N)[C@H](C(=O)NCCC(C)C)c2ccc(C)o2)c(OC)c1. The molecule has 1 atom stereocenters. The molecule has 37 heavy (non-hydrogen) atoms. The number of aromatic nitrogens is 1. The molecule has 0 unspecified atom stereocenters. The fourth-order valence-corrected chi connectivity index (χ4v) is 4.39. The number of carbonyl (C=O) groups is 3. The number of aryl methyl sites for hydroxylation is 1. The molecule has 0 saturated carbocycles. The summed E-state index contributed by atoms with van der Waals surface area (Å²) in [6.45, 7) is 6.21. The van der Waals surface area contributed by atoms with Gasteiger partial charge in [0.25, 0.3) is 17.7 Å². The number of amides is 3. The summed E-state index contributed by atoms with van der Waals surface area (Å²) in [5.74, 6) is -0.161. The molecular formula is C25H31N5O6S. The summed E-state index contributed by atoms with van der Waals surface area (Å²) in [5.41, 5.74) is 11.3. The lowest BCUT2D eigenvalue weighted by Gasteiger charge is -2.31. The molecule has 0 spiro atoms. The van der Waals surface area contributed by atoms with Crippen LogP contribution >= 0.6 is 11.5 Å². The van der Waals surface area contributed by atoms with Crippen LogP contribution in [0, 0.1) is 12.8 Å². The highest BCUT2D eigenvalue weighted by Gasteiger charge is 2.39. The molecule has 2 heterocycles. The second-order valence-corrected chi connectivity index (χ2v) is 9.45. The second-order valence-electron chi connectivity index (χ2n) is 8.68. The zero-order chi connectivity index (χ0) is 27.3. The number of nitrogens with one attached hydrogen (secondary N) is 1. The first kappa shape index (κ1) is 27.5. The molecule has 0 radical (unpaired) electrons. The van der Waals surface area contributed by atoms with Gasteiger partial charge in [-0.25, -0.2) is 0 Å². The van der Waals surface area contributed by atoms with Crippen molar-refractivity contribution in [1.82, 2.24) is 9.69 Å². The van der Waals surface area contributed by atoms with Crippen molar-refractivity contribution in [2.45, 2.75) is 33.2 Å². The van der Waals surface area contributed by atoms with Crippen LogP contribution in [0.1, 0.15) is 58.0 Å². The topological polar surface area (TPSA) is 163 Å². The van der Waals surface area contributed by atoms with E-state index in [2.05, 4.69) is 9.69 Å². The quantitative estimate of drug-likeness (QED) is 0.341. The molecule has 0 aliphatic rings. The smallest absolute Gasteiger partial charge is 0.273 e. The van der Waals surface area contributed by atoms with Gasteiger partial charge in [-0.2, -0.15) is 4.37 Å². The molecule has 11 nitrogen and oxygen atoms in total. The van der Waals surface area contributed by atoms with Crippen LogP contribution in [0.25, 0.3) is 0 Å². The Hall–Kier alpha value is -4.06. The van der Waals surface area contributed by atoms with Crippen molar-refractivity contribution >= 4 is 40.6 Å². The van der Waals surface area contributed by atoms with Gasteiger partial charge in [-0.15, -0.1) is 0 Å². The maximum absolute atomic E-state index is 14.1. The number of anilines is 2. The minimum absolute atomic E-state index is 0.0603. The summed E-state index contributed by atoms with van der Waals surface area (Å²) in [4.78, 5) is 40.7. The predicted octanol–water partition coefficient (Wildman–Crippen LogP) is 3.29. The van der Waals surface area contributed by atoms with E-state index in [9.17, 15) is 14.4 Å². The third-order valence-corrected chi connectivity index (χ3v) is 6.43. The fourth-order valence-electron chi connectivity index (χ4n) is 3.64. The first-order valence-electron chi connectivity index (χ1n) is 11.5. The van der Waals surface area contributed by atoms with Gasteiger partial charge >= 0.3 is 0 Å². The van der Waals surface area contributed by atoms with E-state index >= 15 is 0 Å². The Morgan fingerprint density at radius 3 is 2.43 bits per heavy atom. The molecule has 0 saturated heterocycles. The van der Waals surface area contributed by atoms with Crippen molar-refractivity contribution in [2.24, 2.45) is 11.7 Å². The van der Waals surface area contributed by atoms with E-state index in [-0.39, 0.29) is 33.5 Å². The maximum atomic E-state index is 14.1. The van der Waals surface area contributed by atoms with Gasteiger partial charge in [0.2, 0.25) is 0 Å². The summed E-state index contributed by atoms with van der Waals surface area (Å²) in [5, 5.41) is 2.90. The van der Waals surface area contributed by atoms with Gasteiger partial charge in [0.1, 0.15) is 27.9 Å². The maximum Gasteiger partial charge on any atom is 0.273 e. The average Bonchev–Trinajstić information content (AvgIpc) is 3.46. The highest BCUT2D eigenvalue weighted by atomic mass is 32.1. The first-order valence-corrected chi connectivity index (χ1v) is 12.3. The molecule has 3 aromatic rings. The van der Waals surface area contributed by atoms with Crippen LogP contribution in [0.4, 0.5) is 11.4 Å². The normalized spacial score (nSPS) is 11.7. The van der Waals surface area contributed by atoms with Crippen LogP contribution in [-0.2, 0) is 4.79 Å². The second kappa shape index (κ2) is 11.8. The number of nitrogen functional groups attached to an aromatic ring is 1. The van der Waals surface area contributed by atoms with E-state index in [0.29, 0.717) is 35.5 Å². The lowest BCUT2D eigenvalue weighted by atomic mass is 10.1. The Morgan fingerprint density at radius 2 is 1.89 bits per heavy atom. The van der Waals surface area contributed by atoms with Crippen molar-refractivity contribution in [2.75, 3.05) is 31.4 Å². The molecule has 12 heteroatoms. The zero-order valence-corrected chi connectivity index (χ0v) is 22.2. The van der Waals surface area contributed by atoms with Crippen molar-refractivity contribution in [3.8, 4) is 11.5 Å². The van der Waals surface area contributed by atoms with Crippen molar-refractivity contribution in [3.05, 3.63) is 52.4 Å². The van der Waals surface area contributed by atoms with Crippen LogP contribution in [0.15, 0.2) is 34.7 Å². The van der Waals surface area contributed by atoms with E-state index < -0.39 is 23.8 Å². The van der Waals surface area contributed by atoms with Crippen LogP contribution in [0.5, 0.6) is 11.5 Å². The molecule has 0 bridgehead atoms.